The number of hydrogen-bond acceptors (Lipinski definition) is 5. The molecule has 0 unspecified atom stereocenters. The summed E-state index contributed by atoms with van der Waals surface area (Å²) >= 11 is 6.04. The highest BCUT2D eigenvalue weighted by Crippen LogP contribution is 2.26. The van der Waals surface area contributed by atoms with Crippen LogP contribution in [-0.4, -0.2) is 26.6 Å². The first kappa shape index (κ1) is 15.9. The van der Waals surface area contributed by atoms with Crippen LogP contribution in [-0.2, 0) is 6.42 Å². The number of aromatic nitrogens is 3. The lowest BCUT2D eigenvalue weighted by Gasteiger charge is -2.06. The summed E-state index contributed by atoms with van der Waals surface area (Å²) in [5.41, 5.74) is 1.56. The zero-order chi connectivity index (χ0) is 16.9. The number of benzene rings is 2. The van der Waals surface area contributed by atoms with Crippen molar-refractivity contribution in [3.8, 4) is 11.4 Å². The molecule has 0 aliphatic heterocycles. The number of anilines is 1. The molecule has 0 bridgehead atoms. The predicted molar refractivity (Wildman–Crippen MR) is 92.1 cm³/mol. The largest absolute Gasteiger partial charge is 0.383 e. The minimum atomic E-state index is -0.477. The number of H-pyrrole nitrogens is 1. The molecule has 2 N–H and O–H groups in total. The first-order valence-electron chi connectivity index (χ1n) is 7.28. The van der Waals surface area contributed by atoms with Crippen molar-refractivity contribution in [3.05, 3.63) is 69.5 Å². The summed E-state index contributed by atoms with van der Waals surface area (Å²) in [6.45, 7) is 0.570. The third-order valence-corrected chi connectivity index (χ3v) is 3.72. The molecule has 0 spiro atoms. The third kappa shape index (κ3) is 3.69. The average molecular weight is 344 g/mol. The molecule has 0 radical (unpaired) electrons. The molecule has 0 amide bonds. The molecule has 1 heterocycles. The highest BCUT2D eigenvalue weighted by Gasteiger charge is 2.10. The maximum absolute atomic E-state index is 10.7. The quantitative estimate of drug-likeness (QED) is 0.525. The van der Waals surface area contributed by atoms with E-state index in [2.05, 4.69) is 20.5 Å². The smallest absolute Gasteiger partial charge is 0.271 e. The van der Waals surface area contributed by atoms with Crippen LogP contribution in [0.15, 0.2) is 48.5 Å². The number of aromatic amines is 1. The van der Waals surface area contributed by atoms with Crippen LogP contribution in [0.25, 0.3) is 11.4 Å². The summed E-state index contributed by atoms with van der Waals surface area (Å²) in [5, 5.41) is 21.2. The van der Waals surface area contributed by atoms with Gasteiger partial charge in [0.15, 0.2) is 5.82 Å². The number of nitrogens with one attached hydrogen (secondary N) is 2. The molecule has 1 aromatic heterocycles. The zero-order valence-electron chi connectivity index (χ0n) is 12.6. The second-order valence-corrected chi connectivity index (χ2v) is 5.48. The standard InChI is InChI=1S/C16H14ClN5O2/c17-13-10-12(22(23)24)6-7-14(13)18-9-8-15-19-16(21-20-15)11-4-2-1-3-5-11/h1-7,10,18H,8-9H2,(H,19,20,21). The van der Waals surface area contributed by atoms with E-state index >= 15 is 0 Å². The molecule has 24 heavy (non-hydrogen) atoms. The molecule has 122 valence electrons. The van der Waals surface area contributed by atoms with E-state index in [1.807, 2.05) is 30.3 Å². The summed E-state index contributed by atoms with van der Waals surface area (Å²) in [6, 6.07) is 14.0. The first-order valence-corrected chi connectivity index (χ1v) is 7.66. The van der Waals surface area contributed by atoms with E-state index in [4.69, 9.17) is 11.6 Å². The Kier molecular flexibility index (Phi) is 4.72. The van der Waals surface area contributed by atoms with Crippen LogP contribution < -0.4 is 5.32 Å². The van der Waals surface area contributed by atoms with Gasteiger partial charge in [-0.1, -0.05) is 41.9 Å². The lowest BCUT2D eigenvalue weighted by Crippen LogP contribution is -2.06. The zero-order valence-corrected chi connectivity index (χ0v) is 13.3. The molecule has 2 aromatic carbocycles. The number of nitro benzene ring substituents is 1. The fourth-order valence-corrected chi connectivity index (χ4v) is 2.44. The molecular formula is C16H14ClN5O2. The van der Waals surface area contributed by atoms with Crippen molar-refractivity contribution in [2.45, 2.75) is 6.42 Å². The van der Waals surface area contributed by atoms with Crippen LogP contribution in [0.4, 0.5) is 11.4 Å². The minimum Gasteiger partial charge on any atom is -0.383 e. The van der Waals surface area contributed by atoms with E-state index in [1.165, 1.54) is 12.1 Å². The van der Waals surface area contributed by atoms with Crippen molar-refractivity contribution in [2.24, 2.45) is 0 Å². The molecular weight excluding hydrogens is 330 g/mol. The van der Waals surface area contributed by atoms with E-state index < -0.39 is 4.92 Å². The van der Waals surface area contributed by atoms with Gasteiger partial charge in [-0.15, -0.1) is 0 Å². The molecule has 0 aliphatic carbocycles. The Morgan fingerprint density at radius 1 is 1.21 bits per heavy atom. The van der Waals surface area contributed by atoms with Crippen LogP contribution in [0.5, 0.6) is 0 Å². The molecule has 0 fully saturated rings. The van der Waals surface area contributed by atoms with Gasteiger partial charge >= 0.3 is 0 Å². The Bertz CT molecular complexity index is 851. The second-order valence-electron chi connectivity index (χ2n) is 5.07. The number of non-ortho nitro benzene ring substituents is 1. The van der Waals surface area contributed by atoms with Crippen molar-refractivity contribution < 1.29 is 4.92 Å². The van der Waals surface area contributed by atoms with Crippen molar-refractivity contribution >= 4 is 23.0 Å². The van der Waals surface area contributed by atoms with Crippen LogP contribution in [0.1, 0.15) is 5.82 Å². The SMILES string of the molecule is O=[N+]([O-])c1ccc(NCCc2nc(-c3ccccc3)n[nH]2)c(Cl)c1. The van der Waals surface area contributed by atoms with E-state index in [-0.39, 0.29) is 5.69 Å². The summed E-state index contributed by atoms with van der Waals surface area (Å²) in [7, 11) is 0. The van der Waals surface area contributed by atoms with Crippen LogP contribution in [0.3, 0.4) is 0 Å². The highest BCUT2D eigenvalue weighted by atomic mass is 35.5. The lowest BCUT2D eigenvalue weighted by atomic mass is 10.2. The lowest BCUT2D eigenvalue weighted by molar-refractivity contribution is -0.384. The van der Waals surface area contributed by atoms with E-state index in [0.717, 1.165) is 11.4 Å². The van der Waals surface area contributed by atoms with Crippen molar-refractivity contribution in [1.82, 2.24) is 15.2 Å². The number of halogens is 1. The first-order chi connectivity index (χ1) is 11.6. The Hall–Kier alpha value is -2.93. The van der Waals surface area contributed by atoms with Gasteiger partial charge in [-0.05, 0) is 6.07 Å². The maximum Gasteiger partial charge on any atom is 0.271 e. The van der Waals surface area contributed by atoms with Gasteiger partial charge in [-0.3, -0.25) is 15.2 Å². The van der Waals surface area contributed by atoms with E-state index in [1.54, 1.807) is 6.07 Å². The van der Waals surface area contributed by atoms with Crippen LogP contribution in [0.2, 0.25) is 5.02 Å². The minimum absolute atomic E-state index is 0.0340. The summed E-state index contributed by atoms with van der Waals surface area (Å²) < 4.78 is 0. The second kappa shape index (κ2) is 7.10. The topological polar surface area (TPSA) is 96.7 Å². The van der Waals surface area contributed by atoms with E-state index in [9.17, 15) is 10.1 Å². The maximum atomic E-state index is 10.7. The normalized spacial score (nSPS) is 10.5. The Labute approximate surface area is 142 Å². The predicted octanol–water partition coefficient (Wildman–Crippen LogP) is 3.69. The molecule has 0 atom stereocenters. The fourth-order valence-electron chi connectivity index (χ4n) is 2.20. The summed E-state index contributed by atoms with van der Waals surface area (Å²) in [4.78, 5) is 14.7. The number of nitrogens with zero attached hydrogens (tertiary/aromatic N) is 3. The number of nitro groups is 1. The molecule has 3 aromatic rings. The van der Waals surface area contributed by atoms with Crippen LogP contribution in [0, 0.1) is 10.1 Å². The highest BCUT2D eigenvalue weighted by molar-refractivity contribution is 6.33. The van der Waals surface area contributed by atoms with Crippen molar-refractivity contribution in [2.75, 3.05) is 11.9 Å². The van der Waals surface area contributed by atoms with Crippen molar-refractivity contribution in [3.63, 3.8) is 0 Å². The van der Waals surface area contributed by atoms with Gasteiger partial charge in [0.05, 0.1) is 15.6 Å². The Balaban J connectivity index is 1.59. The molecule has 0 saturated heterocycles. The van der Waals surface area contributed by atoms with Crippen molar-refractivity contribution in [1.29, 1.82) is 0 Å². The van der Waals surface area contributed by atoms with Gasteiger partial charge < -0.3 is 5.32 Å². The van der Waals surface area contributed by atoms with Gasteiger partial charge in [-0.25, -0.2) is 4.98 Å². The number of rotatable bonds is 6. The fraction of sp³-hybridized carbons (Fsp3) is 0.125. The Morgan fingerprint density at radius 3 is 2.71 bits per heavy atom. The molecule has 0 aliphatic rings. The van der Waals surface area contributed by atoms with Gasteiger partial charge in [-0.2, -0.15) is 5.10 Å². The van der Waals surface area contributed by atoms with Gasteiger partial charge in [0.1, 0.15) is 5.82 Å². The number of hydrogen-bond donors (Lipinski definition) is 2. The van der Waals surface area contributed by atoms with Gasteiger partial charge in [0.2, 0.25) is 0 Å². The van der Waals surface area contributed by atoms with Gasteiger partial charge in [0, 0.05) is 30.7 Å². The molecule has 3 rings (SSSR count). The third-order valence-electron chi connectivity index (χ3n) is 3.40. The van der Waals surface area contributed by atoms with Gasteiger partial charge in [0.25, 0.3) is 5.69 Å². The molecule has 0 saturated carbocycles. The summed E-state index contributed by atoms with van der Waals surface area (Å²) in [6.07, 6.45) is 0.618. The monoisotopic (exact) mass is 343 g/mol. The van der Waals surface area contributed by atoms with Crippen LogP contribution >= 0.6 is 11.6 Å². The van der Waals surface area contributed by atoms with E-state index in [0.29, 0.717) is 29.5 Å². The molecule has 8 heteroatoms. The summed E-state index contributed by atoms with van der Waals surface area (Å²) in [5.74, 6) is 1.40. The average Bonchev–Trinajstić information content (AvgIpc) is 3.06. The molecule has 7 nitrogen and oxygen atoms in total. The Morgan fingerprint density at radius 2 is 2.00 bits per heavy atom.